The van der Waals surface area contributed by atoms with Gasteiger partial charge in [-0.15, -0.1) is 0 Å². The SMILES string of the molecule is N#CC1(C#N)C2=C(CCCC2)NC(c2ccc(Br)cc2)C1(C#N)C#N. The molecule has 0 saturated heterocycles. The average Bonchev–Trinajstić information content (AvgIpc) is 2.67. The van der Waals surface area contributed by atoms with Crippen LogP contribution in [0.2, 0.25) is 0 Å². The van der Waals surface area contributed by atoms with Crippen LogP contribution in [0.5, 0.6) is 0 Å². The number of hydrogen-bond donors (Lipinski definition) is 1. The number of allylic oxidation sites excluding steroid dienone is 2. The van der Waals surface area contributed by atoms with E-state index in [-0.39, 0.29) is 0 Å². The van der Waals surface area contributed by atoms with Crippen LogP contribution in [0, 0.1) is 56.2 Å². The van der Waals surface area contributed by atoms with Crippen molar-refractivity contribution in [1.29, 1.82) is 21.0 Å². The summed E-state index contributed by atoms with van der Waals surface area (Å²) >= 11 is 3.37. The van der Waals surface area contributed by atoms with E-state index in [0.29, 0.717) is 17.6 Å². The molecule has 0 bridgehead atoms. The molecule has 1 aliphatic heterocycles. The van der Waals surface area contributed by atoms with Crippen LogP contribution in [0.1, 0.15) is 37.3 Å². The van der Waals surface area contributed by atoms with Gasteiger partial charge in [-0.25, -0.2) is 0 Å². The molecule has 6 heteroatoms. The molecule has 0 radical (unpaired) electrons. The minimum atomic E-state index is -1.82. The molecule has 2 aliphatic rings. The Kier molecular flexibility index (Phi) is 4.26. The molecule has 1 heterocycles. The lowest BCUT2D eigenvalue weighted by atomic mass is 9.54. The molecule has 0 fully saturated rings. The van der Waals surface area contributed by atoms with Gasteiger partial charge in [-0.1, -0.05) is 28.1 Å². The van der Waals surface area contributed by atoms with E-state index in [0.717, 1.165) is 29.4 Å². The van der Waals surface area contributed by atoms with Crippen molar-refractivity contribution in [3.63, 3.8) is 0 Å². The number of rotatable bonds is 1. The maximum absolute atomic E-state index is 9.97. The molecule has 0 aromatic heterocycles. The largest absolute Gasteiger partial charge is 0.379 e. The zero-order valence-electron chi connectivity index (χ0n) is 13.4. The van der Waals surface area contributed by atoms with Gasteiger partial charge in [0.05, 0.1) is 30.3 Å². The standard InChI is InChI=1S/C19H14BrN5/c20-14-7-5-13(6-8-14)17-19(11-23,12-24)18(9-21,10-22)15-3-1-2-4-16(15)25-17/h5-8,17,25H,1-4H2. The summed E-state index contributed by atoms with van der Waals surface area (Å²) in [6.45, 7) is 0. The second kappa shape index (κ2) is 6.25. The molecule has 0 amide bonds. The molecule has 1 aliphatic carbocycles. The first kappa shape index (κ1) is 17.0. The van der Waals surface area contributed by atoms with Gasteiger partial charge in [-0.05, 0) is 49.0 Å². The summed E-state index contributed by atoms with van der Waals surface area (Å²) in [5, 5.41) is 43.1. The molecule has 5 nitrogen and oxygen atoms in total. The Morgan fingerprint density at radius 1 is 0.920 bits per heavy atom. The molecule has 1 aromatic carbocycles. The molecule has 1 atom stereocenters. The second-order valence-corrected chi connectivity index (χ2v) is 7.21. The molecule has 1 N–H and O–H groups in total. The summed E-state index contributed by atoms with van der Waals surface area (Å²) in [5.41, 5.74) is -1.43. The number of nitrogens with zero attached hydrogens (tertiary/aromatic N) is 4. The van der Waals surface area contributed by atoms with Crippen molar-refractivity contribution in [2.24, 2.45) is 10.8 Å². The van der Waals surface area contributed by atoms with E-state index in [1.54, 1.807) is 12.1 Å². The zero-order chi connectivity index (χ0) is 18.1. The monoisotopic (exact) mass is 391 g/mol. The molecule has 1 unspecified atom stereocenters. The van der Waals surface area contributed by atoms with Crippen molar-refractivity contribution >= 4 is 15.9 Å². The number of hydrogen-bond acceptors (Lipinski definition) is 5. The van der Waals surface area contributed by atoms with E-state index in [1.807, 2.05) is 24.3 Å². The van der Waals surface area contributed by atoms with E-state index >= 15 is 0 Å². The van der Waals surface area contributed by atoms with Crippen LogP contribution in [-0.2, 0) is 0 Å². The maximum Gasteiger partial charge on any atom is 0.203 e. The molecule has 1 aromatic rings. The Morgan fingerprint density at radius 2 is 1.52 bits per heavy atom. The molecular weight excluding hydrogens is 378 g/mol. The number of benzene rings is 1. The van der Waals surface area contributed by atoms with Gasteiger partial charge in [-0.2, -0.15) is 21.0 Å². The van der Waals surface area contributed by atoms with Crippen molar-refractivity contribution in [2.75, 3.05) is 0 Å². The van der Waals surface area contributed by atoms with Gasteiger partial charge in [0.1, 0.15) is 0 Å². The highest BCUT2D eigenvalue weighted by Crippen LogP contribution is 2.57. The van der Waals surface area contributed by atoms with Crippen molar-refractivity contribution in [1.82, 2.24) is 5.32 Å². The lowest BCUT2D eigenvalue weighted by Crippen LogP contribution is -2.53. The summed E-state index contributed by atoms with van der Waals surface area (Å²) in [6, 6.07) is 14.7. The summed E-state index contributed by atoms with van der Waals surface area (Å²) < 4.78 is 0.871. The second-order valence-electron chi connectivity index (χ2n) is 6.30. The summed E-state index contributed by atoms with van der Waals surface area (Å²) in [4.78, 5) is 0. The minimum absolute atomic E-state index is 0.557. The summed E-state index contributed by atoms with van der Waals surface area (Å²) in [6.07, 6.45) is 3.08. The number of halogens is 1. The first-order valence-electron chi connectivity index (χ1n) is 7.98. The maximum atomic E-state index is 9.97. The Bertz CT molecular complexity index is 874. The zero-order valence-corrected chi connectivity index (χ0v) is 15.0. The van der Waals surface area contributed by atoms with Gasteiger partial charge < -0.3 is 5.32 Å². The fourth-order valence-electron chi connectivity index (χ4n) is 3.86. The summed E-state index contributed by atoms with van der Waals surface area (Å²) in [7, 11) is 0. The molecule has 0 spiro atoms. The van der Waals surface area contributed by atoms with E-state index < -0.39 is 16.9 Å². The van der Waals surface area contributed by atoms with Gasteiger partial charge in [0.15, 0.2) is 0 Å². The molecule has 25 heavy (non-hydrogen) atoms. The lowest BCUT2D eigenvalue weighted by Gasteiger charge is -2.46. The van der Waals surface area contributed by atoms with E-state index in [2.05, 4.69) is 33.4 Å². The van der Waals surface area contributed by atoms with E-state index in [4.69, 9.17) is 0 Å². The smallest absolute Gasteiger partial charge is 0.203 e. The van der Waals surface area contributed by atoms with Crippen LogP contribution < -0.4 is 5.32 Å². The fraction of sp³-hybridized carbons (Fsp3) is 0.368. The van der Waals surface area contributed by atoms with Gasteiger partial charge in [0.25, 0.3) is 0 Å². The van der Waals surface area contributed by atoms with Crippen LogP contribution >= 0.6 is 15.9 Å². The van der Waals surface area contributed by atoms with Crippen molar-refractivity contribution in [3.8, 4) is 24.3 Å². The highest BCUT2D eigenvalue weighted by molar-refractivity contribution is 9.10. The first-order valence-corrected chi connectivity index (χ1v) is 8.77. The Balaban J connectivity index is 2.31. The van der Waals surface area contributed by atoms with Crippen molar-refractivity contribution < 1.29 is 0 Å². The molecule has 0 saturated carbocycles. The number of nitrogens with one attached hydrogen (secondary N) is 1. The first-order chi connectivity index (χ1) is 12.1. The third-order valence-electron chi connectivity index (χ3n) is 5.16. The quantitative estimate of drug-likeness (QED) is 0.778. The highest BCUT2D eigenvalue weighted by Gasteiger charge is 2.64. The predicted molar refractivity (Wildman–Crippen MR) is 92.8 cm³/mol. The molecular formula is C19H14BrN5. The summed E-state index contributed by atoms with van der Waals surface area (Å²) in [5.74, 6) is 0. The third kappa shape index (κ3) is 2.23. The van der Waals surface area contributed by atoms with Gasteiger partial charge in [-0.3, -0.25) is 0 Å². The van der Waals surface area contributed by atoms with Crippen molar-refractivity contribution in [3.05, 3.63) is 45.6 Å². The molecule has 3 rings (SSSR count). The Labute approximate surface area is 154 Å². The van der Waals surface area contributed by atoms with Crippen molar-refractivity contribution in [2.45, 2.75) is 31.7 Å². The topological polar surface area (TPSA) is 107 Å². The van der Waals surface area contributed by atoms with Crippen LogP contribution in [0.3, 0.4) is 0 Å². The normalized spacial score (nSPS) is 23.0. The average molecular weight is 392 g/mol. The molecule has 122 valence electrons. The van der Waals surface area contributed by atoms with Gasteiger partial charge >= 0.3 is 0 Å². The Hall–Kier alpha value is -2.80. The minimum Gasteiger partial charge on any atom is -0.379 e. The van der Waals surface area contributed by atoms with Gasteiger partial charge in [0.2, 0.25) is 10.8 Å². The number of nitriles is 4. The lowest BCUT2D eigenvalue weighted by molar-refractivity contribution is 0.217. The van der Waals surface area contributed by atoms with Gasteiger partial charge in [0, 0.05) is 10.2 Å². The van der Waals surface area contributed by atoms with Crippen LogP contribution in [0.25, 0.3) is 0 Å². The highest BCUT2D eigenvalue weighted by atomic mass is 79.9. The fourth-order valence-corrected chi connectivity index (χ4v) is 4.13. The van der Waals surface area contributed by atoms with E-state index in [9.17, 15) is 21.0 Å². The van der Waals surface area contributed by atoms with Crippen LogP contribution in [-0.4, -0.2) is 0 Å². The predicted octanol–water partition coefficient (Wildman–Crippen LogP) is 3.99. The van der Waals surface area contributed by atoms with Crippen LogP contribution in [0.15, 0.2) is 40.0 Å². The van der Waals surface area contributed by atoms with E-state index in [1.165, 1.54) is 0 Å². The Morgan fingerprint density at radius 3 is 2.08 bits per heavy atom. The van der Waals surface area contributed by atoms with Crippen LogP contribution in [0.4, 0.5) is 0 Å². The third-order valence-corrected chi connectivity index (χ3v) is 5.68.